The Kier molecular flexibility index (Phi) is 5.84. The van der Waals surface area contributed by atoms with Gasteiger partial charge in [0.25, 0.3) is 0 Å². The number of aromatic nitrogens is 2. The summed E-state index contributed by atoms with van der Waals surface area (Å²) in [5.74, 6) is 1.05. The van der Waals surface area contributed by atoms with Crippen molar-refractivity contribution in [3.63, 3.8) is 0 Å². The number of carbonyl (C=O) groups is 1. The lowest BCUT2D eigenvalue weighted by molar-refractivity contribution is -0.122. The Morgan fingerprint density at radius 2 is 1.79 bits per heavy atom. The van der Waals surface area contributed by atoms with Crippen LogP contribution in [-0.2, 0) is 4.79 Å². The molecule has 1 amide bonds. The van der Waals surface area contributed by atoms with Crippen molar-refractivity contribution >= 4 is 17.4 Å². The molecule has 2 aromatic carbocycles. The Hall–Kier alpha value is -3.21. The maximum Gasteiger partial charge on any atom is 0.231 e. The van der Waals surface area contributed by atoms with Crippen molar-refractivity contribution in [3.8, 4) is 11.3 Å². The second-order valence-corrected chi connectivity index (χ2v) is 7.33. The van der Waals surface area contributed by atoms with E-state index in [0.717, 1.165) is 42.1 Å². The highest BCUT2D eigenvalue weighted by Gasteiger charge is 2.30. The van der Waals surface area contributed by atoms with E-state index >= 15 is 0 Å². The predicted octanol–water partition coefficient (Wildman–Crippen LogP) is 4.41. The summed E-state index contributed by atoms with van der Waals surface area (Å²) in [7, 11) is 0. The van der Waals surface area contributed by atoms with Crippen LogP contribution in [0.2, 0.25) is 0 Å². The summed E-state index contributed by atoms with van der Waals surface area (Å²) in [5.41, 5.74) is 2.94. The van der Waals surface area contributed by atoms with Crippen LogP contribution in [0.15, 0.2) is 73.1 Å². The minimum Gasteiger partial charge on any atom is -0.356 e. The van der Waals surface area contributed by atoms with Crippen LogP contribution in [0.5, 0.6) is 0 Å². The fraction of sp³-hybridized carbons (Fsp3) is 0.292. The molecule has 1 aliphatic heterocycles. The van der Waals surface area contributed by atoms with Gasteiger partial charge in [0.15, 0.2) is 0 Å². The smallest absolute Gasteiger partial charge is 0.231 e. The Morgan fingerprint density at radius 1 is 1.07 bits per heavy atom. The molecule has 29 heavy (non-hydrogen) atoms. The third-order valence-corrected chi connectivity index (χ3v) is 5.47. The largest absolute Gasteiger partial charge is 0.356 e. The zero-order valence-electron chi connectivity index (χ0n) is 16.7. The maximum absolute atomic E-state index is 13.3. The summed E-state index contributed by atoms with van der Waals surface area (Å²) in [5, 5.41) is 0. The van der Waals surface area contributed by atoms with Gasteiger partial charge < -0.3 is 9.80 Å². The molecule has 0 saturated carbocycles. The van der Waals surface area contributed by atoms with E-state index in [4.69, 9.17) is 0 Å². The quantitative estimate of drug-likeness (QED) is 0.652. The third-order valence-electron chi connectivity index (χ3n) is 5.47. The molecule has 1 aromatic heterocycles. The Labute approximate surface area is 172 Å². The third kappa shape index (κ3) is 4.29. The van der Waals surface area contributed by atoms with Crippen LogP contribution in [0.4, 0.5) is 11.5 Å². The highest BCUT2D eigenvalue weighted by molar-refractivity contribution is 5.95. The van der Waals surface area contributed by atoms with Crippen molar-refractivity contribution in [1.82, 2.24) is 9.97 Å². The fourth-order valence-corrected chi connectivity index (χ4v) is 3.97. The molecule has 0 radical (unpaired) electrons. The molecule has 1 aliphatic rings. The molecular weight excluding hydrogens is 360 g/mol. The molecule has 2 heterocycles. The van der Waals surface area contributed by atoms with Gasteiger partial charge in [0.2, 0.25) is 5.91 Å². The standard InChI is InChI=1S/C24H26N4O/c1-2-28(21-13-7-4-8-14-21)24(29)20-12-9-15-27(17-20)23-16-22(25-18-26-23)19-10-5-3-6-11-19/h3-8,10-11,13-14,16,18,20H,2,9,12,15,17H2,1H3. The summed E-state index contributed by atoms with van der Waals surface area (Å²) in [6.45, 7) is 4.30. The van der Waals surface area contributed by atoms with Crippen LogP contribution in [-0.4, -0.2) is 35.5 Å². The highest BCUT2D eigenvalue weighted by Crippen LogP contribution is 2.27. The zero-order chi connectivity index (χ0) is 20.1. The van der Waals surface area contributed by atoms with Gasteiger partial charge in [0, 0.05) is 37.0 Å². The first kappa shape index (κ1) is 19.1. The van der Waals surface area contributed by atoms with Crippen LogP contribution >= 0.6 is 0 Å². The first-order valence-electron chi connectivity index (χ1n) is 10.2. The minimum absolute atomic E-state index is 0.0287. The van der Waals surface area contributed by atoms with Gasteiger partial charge in [-0.25, -0.2) is 9.97 Å². The van der Waals surface area contributed by atoms with Gasteiger partial charge in [-0.2, -0.15) is 0 Å². The summed E-state index contributed by atoms with van der Waals surface area (Å²) < 4.78 is 0. The normalized spacial score (nSPS) is 16.4. The average molecular weight is 386 g/mol. The number of anilines is 2. The van der Waals surface area contributed by atoms with Crippen LogP contribution < -0.4 is 9.80 Å². The van der Waals surface area contributed by atoms with Crippen LogP contribution in [0, 0.1) is 5.92 Å². The Balaban J connectivity index is 1.52. The number of benzene rings is 2. The monoisotopic (exact) mass is 386 g/mol. The summed E-state index contributed by atoms with van der Waals surface area (Å²) in [4.78, 5) is 26.3. The second-order valence-electron chi connectivity index (χ2n) is 7.33. The molecule has 0 aliphatic carbocycles. The van der Waals surface area contributed by atoms with E-state index in [9.17, 15) is 4.79 Å². The maximum atomic E-state index is 13.3. The van der Waals surface area contributed by atoms with E-state index in [1.807, 2.05) is 78.6 Å². The molecule has 5 heteroatoms. The first-order chi connectivity index (χ1) is 14.3. The van der Waals surface area contributed by atoms with Crippen molar-refractivity contribution in [1.29, 1.82) is 0 Å². The summed E-state index contributed by atoms with van der Waals surface area (Å²) in [6.07, 6.45) is 3.51. The molecule has 0 bridgehead atoms. The van der Waals surface area contributed by atoms with Crippen LogP contribution in [0.3, 0.4) is 0 Å². The molecular formula is C24H26N4O. The lowest BCUT2D eigenvalue weighted by Crippen LogP contribution is -2.45. The molecule has 3 aromatic rings. The van der Waals surface area contributed by atoms with Gasteiger partial charge in [0.05, 0.1) is 11.6 Å². The first-order valence-corrected chi connectivity index (χ1v) is 10.2. The SMILES string of the molecule is CCN(C(=O)C1CCCN(c2cc(-c3ccccc3)ncn2)C1)c1ccccc1. The van der Waals surface area contributed by atoms with E-state index in [1.54, 1.807) is 6.33 Å². The number of rotatable bonds is 5. The lowest BCUT2D eigenvalue weighted by atomic mass is 9.96. The molecule has 148 valence electrons. The summed E-state index contributed by atoms with van der Waals surface area (Å²) >= 11 is 0. The van der Waals surface area contributed by atoms with Crippen molar-refractivity contribution in [2.45, 2.75) is 19.8 Å². The number of hydrogen-bond acceptors (Lipinski definition) is 4. The zero-order valence-corrected chi connectivity index (χ0v) is 16.7. The predicted molar refractivity (Wildman–Crippen MR) is 117 cm³/mol. The van der Waals surface area contributed by atoms with Crippen LogP contribution in [0.25, 0.3) is 11.3 Å². The van der Waals surface area contributed by atoms with Crippen molar-refractivity contribution in [2.75, 3.05) is 29.4 Å². The van der Waals surface area contributed by atoms with Crippen LogP contribution in [0.1, 0.15) is 19.8 Å². The minimum atomic E-state index is -0.0287. The molecule has 4 rings (SSSR count). The molecule has 1 unspecified atom stereocenters. The molecule has 0 N–H and O–H groups in total. The van der Waals surface area contributed by atoms with E-state index in [1.165, 1.54) is 0 Å². The van der Waals surface area contributed by atoms with Gasteiger partial charge >= 0.3 is 0 Å². The van der Waals surface area contributed by atoms with Gasteiger partial charge in [-0.1, -0.05) is 48.5 Å². The summed E-state index contributed by atoms with van der Waals surface area (Å²) in [6, 6.07) is 22.1. The fourth-order valence-electron chi connectivity index (χ4n) is 3.97. The lowest BCUT2D eigenvalue weighted by Gasteiger charge is -2.35. The number of carbonyl (C=O) groups excluding carboxylic acids is 1. The van der Waals surface area contributed by atoms with E-state index in [0.29, 0.717) is 13.1 Å². The molecule has 5 nitrogen and oxygen atoms in total. The number of nitrogens with zero attached hydrogens (tertiary/aromatic N) is 4. The molecule has 1 fully saturated rings. The van der Waals surface area contributed by atoms with E-state index in [2.05, 4.69) is 14.9 Å². The number of hydrogen-bond donors (Lipinski definition) is 0. The van der Waals surface area contributed by atoms with Gasteiger partial charge in [-0.15, -0.1) is 0 Å². The molecule has 1 atom stereocenters. The van der Waals surface area contributed by atoms with Crippen molar-refractivity contribution < 1.29 is 4.79 Å². The van der Waals surface area contributed by atoms with Crippen molar-refractivity contribution in [2.24, 2.45) is 5.92 Å². The second kappa shape index (κ2) is 8.86. The van der Waals surface area contributed by atoms with E-state index in [-0.39, 0.29) is 11.8 Å². The van der Waals surface area contributed by atoms with Gasteiger partial charge in [-0.3, -0.25) is 4.79 Å². The number of para-hydroxylation sites is 1. The average Bonchev–Trinajstić information content (AvgIpc) is 2.81. The highest BCUT2D eigenvalue weighted by atomic mass is 16.2. The molecule has 0 spiro atoms. The topological polar surface area (TPSA) is 49.3 Å². The van der Waals surface area contributed by atoms with Gasteiger partial charge in [-0.05, 0) is 31.9 Å². The Bertz CT molecular complexity index is 945. The molecule has 1 saturated heterocycles. The number of piperidine rings is 1. The van der Waals surface area contributed by atoms with E-state index < -0.39 is 0 Å². The van der Waals surface area contributed by atoms with Gasteiger partial charge in [0.1, 0.15) is 12.1 Å². The Morgan fingerprint density at radius 3 is 2.52 bits per heavy atom. The number of amides is 1. The van der Waals surface area contributed by atoms with Crippen molar-refractivity contribution in [3.05, 3.63) is 73.1 Å².